The summed E-state index contributed by atoms with van der Waals surface area (Å²) in [6, 6.07) is 4.80. The standard InChI is InChI=1S/C16H23ClN2O4S/c17-13-1-2-15(23-11-12-5-8-22-10-12)16(9-13)24(20,21)19-6-3-14(18)4-7-19/h1-2,9,12,14H,3-8,10-11,18H2. The van der Waals surface area contributed by atoms with Crippen LogP contribution in [0.4, 0.5) is 0 Å². The van der Waals surface area contributed by atoms with Crippen LogP contribution in [-0.4, -0.2) is 51.7 Å². The predicted octanol–water partition coefficient (Wildman–Crippen LogP) is 1.87. The van der Waals surface area contributed by atoms with E-state index in [0.717, 1.165) is 13.0 Å². The van der Waals surface area contributed by atoms with Gasteiger partial charge in [-0.25, -0.2) is 8.42 Å². The molecule has 1 aromatic carbocycles. The molecular weight excluding hydrogens is 352 g/mol. The summed E-state index contributed by atoms with van der Waals surface area (Å²) in [6.07, 6.45) is 2.25. The third-order valence-corrected chi connectivity index (χ3v) is 6.68. The number of ether oxygens (including phenoxy) is 2. The predicted molar refractivity (Wildman–Crippen MR) is 91.8 cm³/mol. The normalized spacial score (nSPS) is 23.5. The Balaban J connectivity index is 1.80. The van der Waals surface area contributed by atoms with Gasteiger partial charge in [0, 0.05) is 36.7 Å². The maximum Gasteiger partial charge on any atom is 0.246 e. The molecule has 0 amide bonds. The number of benzene rings is 1. The molecule has 0 radical (unpaired) electrons. The molecule has 1 unspecified atom stereocenters. The maximum absolute atomic E-state index is 13.0. The van der Waals surface area contributed by atoms with E-state index in [9.17, 15) is 8.42 Å². The van der Waals surface area contributed by atoms with Gasteiger partial charge in [0.1, 0.15) is 10.6 Å². The van der Waals surface area contributed by atoms with Crippen LogP contribution < -0.4 is 10.5 Å². The molecule has 24 heavy (non-hydrogen) atoms. The van der Waals surface area contributed by atoms with Crippen molar-refractivity contribution in [2.24, 2.45) is 11.7 Å². The number of rotatable bonds is 5. The van der Waals surface area contributed by atoms with Gasteiger partial charge in [0.2, 0.25) is 10.0 Å². The number of nitrogens with two attached hydrogens (primary N) is 1. The Morgan fingerprint density at radius 1 is 1.29 bits per heavy atom. The van der Waals surface area contributed by atoms with Crippen molar-refractivity contribution in [2.45, 2.75) is 30.2 Å². The molecule has 3 rings (SSSR count). The summed E-state index contributed by atoms with van der Waals surface area (Å²) in [7, 11) is -3.65. The van der Waals surface area contributed by atoms with Crippen molar-refractivity contribution in [3.8, 4) is 5.75 Å². The van der Waals surface area contributed by atoms with Crippen molar-refractivity contribution >= 4 is 21.6 Å². The Kier molecular flexibility index (Phi) is 5.66. The zero-order chi connectivity index (χ0) is 17.2. The SMILES string of the molecule is NC1CCN(S(=O)(=O)c2cc(Cl)ccc2OCC2CCOC2)CC1. The molecule has 2 heterocycles. The lowest BCUT2D eigenvalue weighted by Crippen LogP contribution is -2.42. The van der Waals surface area contributed by atoms with Crippen LogP contribution in [0.3, 0.4) is 0 Å². The van der Waals surface area contributed by atoms with Crippen LogP contribution in [0, 0.1) is 5.92 Å². The molecule has 1 aromatic rings. The fraction of sp³-hybridized carbons (Fsp3) is 0.625. The molecule has 0 saturated carbocycles. The van der Waals surface area contributed by atoms with E-state index in [1.807, 2.05) is 0 Å². The molecule has 0 bridgehead atoms. The summed E-state index contributed by atoms with van der Waals surface area (Å²) in [6.45, 7) is 2.67. The monoisotopic (exact) mass is 374 g/mol. The number of nitrogens with zero attached hydrogens (tertiary/aromatic N) is 1. The Hall–Kier alpha value is -0.860. The maximum atomic E-state index is 13.0. The lowest BCUT2D eigenvalue weighted by atomic mass is 10.1. The first-order chi connectivity index (χ1) is 11.5. The molecule has 2 N–H and O–H groups in total. The molecule has 2 saturated heterocycles. The third-order valence-electron chi connectivity index (χ3n) is 4.52. The fourth-order valence-electron chi connectivity index (χ4n) is 2.98. The number of piperidine rings is 1. The second-order valence-electron chi connectivity index (χ2n) is 6.37. The largest absolute Gasteiger partial charge is 0.492 e. The van der Waals surface area contributed by atoms with Gasteiger partial charge in [0.05, 0.1) is 13.2 Å². The molecule has 0 aromatic heterocycles. The summed E-state index contributed by atoms with van der Waals surface area (Å²) in [5, 5.41) is 0.374. The van der Waals surface area contributed by atoms with Crippen LogP contribution in [0.5, 0.6) is 5.75 Å². The van der Waals surface area contributed by atoms with Crippen LogP contribution in [0.25, 0.3) is 0 Å². The molecule has 2 aliphatic heterocycles. The average Bonchev–Trinajstić information content (AvgIpc) is 3.07. The summed E-state index contributed by atoms with van der Waals surface area (Å²) >= 11 is 6.03. The van der Waals surface area contributed by atoms with Crippen molar-refractivity contribution < 1.29 is 17.9 Å². The number of hydrogen-bond acceptors (Lipinski definition) is 5. The molecule has 8 heteroatoms. The van der Waals surface area contributed by atoms with E-state index in [-0.39, 0.29) is 10.9 Å². The van der Waals surface area contributed by atoms with Gasteiger partial charge < -0.3 is 15.2 Å². The number of halogens is 1. The van der Waals surface area contributed by atoms with Gasteiger partial charge in [-0.3, -0.25) is 0 Å². The minimum absolute atomic E-state index is 0.0638. The number of sulfonamides is 1. The lowest BCUT2D eigenvalue weighted by Gasteiger charge is -2.30. The molecule has 0 spiro atoms. The molecule has 2 aliphatic rings. The number of hydrogen-bond donors (Lipinski definition) is 1. The van der Waals surface area contributed by atoms with Crippen molar-refractivity contribution in [2.75, 3.05) is 32.9 Å². The Bertz CT molecular complexity index is 669. The topological polar surface area (TPSA) is 81.9 Å². The first-order valence-corrected chi connectivity index (χ1v) is 10.0. The second kappa shape index (κ2) is 7.58. The molecule has 134 valence electrons. The highest BCUT2D eigenvalue weighted by Crippen LogP contribution is 2.31. The summed E-state index contributed by atoms with van der Waals surface area (Å²) < 4.78 is 38.6. The van der Waals surface area contributed by atoms with Gasteiger partial charge in [-0.1, -0.05) is 11.6 Å². The second-order valence-corrected chi connectivity index (χ2v) is 8.72. The van der Waals surface area contributed by atoms with Crippen LogP contribution >= 0.6 is 11.6 Å². The van der Waals surface area contributed by atoms with Crippen LogP contribution in [0.2, 0.25) is 5.02 Å². The van der Waals surface area contributed by atoms with Gasteiger partial charge in [0.25, 0.3) is 0 Å². The van der Waals surface area contributed by atoms with E-state index >= 15 is 0 Å². The van der Waals surface area contributed by atoms with Gasteiger partial charge in [0.15, 0.2) is 0 Å². The molecule has 6 nitrogen and oxygen atoms in total. The van der Waals surface area contributed by atoms with Gasteiger partial charge in [-0.05, 0) is 37.5 Å². The summed E-state index contributed by atoms with van der Waals surface area (Å²) in [4.78, 5) is 0.129. The Morgan fingerprint density at radius 2 is 2.04 bits per heavy atom. The van der Waals surface area contributed by atoms with Gasteiger partial charge in [-0.2, -0.15) is 4.31 Å². The average molecular weight is 375 g/mol. The van der Waals surface area contributed by atoms with Crippen molar-refractivity contribution in [3.63, 3.8) is 0 Å². The van der Waals surface area contributed by atoms with E-state index in [1.165, 1.54) is 10.4 Å². The van der Waals surface area contributed by atoms with Crippen molar-refractivity contribution in [1.29, 1.82) is 0 Å². The van der Waals surface area contributed by atoms with Crippen LogP contribution in [-0.2, 0) is 14.8 Å². The van der Waals surface area contributed by atoms with Gasteiger partial charge >= 0.3 is 0 Å². The third kappa shape index (κ3) is 4.03. The molecule has 2 fully saturated rings. The zero-order valence-corrected chi connectivity index (χ0v) is 15.1. The molecular formula is C16H23ClN2O4S. The zero-order valence-electron chi connectivity index (χ0n) is 13.5. The highest BCUT2D eigenvalue weighted by molar-refractivity contribution is 7.89. The summed E-state index contributed by atoms with van der Waals surface area (Å²) in [5.74, 6) is 0.644. The van der Waals surface area contributed by atoms with E-state index < -0.39 is 10.0 Å². The van der Waals surface area contributed by atoms with Crippen molar-refractivity contribution in [3.05, 3.63) is 23.2 Å². The lowest BCUT2D eigenvalue weighted by molar-refractivity contribution is 0.166. The van der Waals surface area contributed by atoms with E-state index in [0.29, 0.717) is 55.8 Å². The highest BCUT2D eigenvalue weighted by Gasteiger charge is 2.31. The van der Waals surface area contributed by atoms with Crippen LogP contribution in [0.15, 0.2) is 23.1 Å². The smallest absolute Gasteiger partial charge is 0.246 e. The van der Waals surface area contributed by atoms with Crippen LogP contribution in [0.1, 0.15) is 19.3 Å². The minimum atomic E-state index is -3.65. The first-order valence-electron chi connectivity index (χ1n) is 8.22. The Labute approximate surface area is 147 Å². The minimum Gasteiger partial charge on any atom is -0.492 e. The van der Waals surface area contributed by atoms with E-state index in [1.54, 1.807) is 12.1 Å². The van der Waals surface area contributed by atoms with Crippen molar-refractivity contribution in [1.82, 2.24) is 4.31 Å². The molecule has 0 aliphatic carbocycles. The van der Waals surface area contributed by atoms with Gasteiger partial charge in [-0.15, -0.1) is 0 Å². The quantitative estimate of drug-likeness (QED) is 0.850. The van der Waals surface area contributed by atoms with E-state index in [4.69, 9.17) is 26.8 Å². The molecule has 1 atom stereocenters. The first kappa shape index (κ1) is 17.9. The highest BCUT2D eigenvalue weighted by atomic mass is 35.5. The fourth-order valence-corrected chi connectivity index (χ4v) is 4.84. The summed E-state index contributed by atoms with van der Waals surface area (Å²) in [5.41, 5.74) is 5.87. The Morgan fingerprint density at radius 3 is 2.71 bits per heavy atom. The van der Waals surface area contributed by atoms with E-state index in [2.05, 4.69) is 0 Å².